The zero-order valence-electron chi connectivity index (χ0n) is 19.5. The third-order valence-corrected chi connectivity index (χ3v) is 7.27. The van der Waals surface area contributed by atoms with E-state index in [0.717, 1.165) is 43.9 Å². The minimum atomic E-state index is -0.0442. The van der Waals surface area contributed by atoms with E-state index in [2.05, 4.69) is 64.2 Å². The summed E-state index contributed by atoms with van der Waals surface area (Å²) in [5, 5.41) is 7.14. The molecule has 1 atom stereocenters. The molecule has 6 nitrogen and oxygen atoms in total. The maximum atomic E-state index is 11.9. The maximum absolute atomic E-state index is 11.9. The number of para-hydroxylation sites is 1. The Hall–Kier alpha value is -3.02. The Morgan fingerprint density at radius 1 is 1.09 bits per heavy atom. The molecule has 174 valence electrons. The molecular weight excluding hydrogens is 412 g/mol. The first-order chi connectivity index (χ1) is 16.1. The molecule has 5 rings (SSSR count). The number of hydrogen-bond acceptors (Lipinski definition) is 3. The van der Waals surface area contributed by atoms with Gasteiger partial charge in [-0.2, -0.15) is 0 Å². The molecule has 0 aromatic heterocycles. The highest BCUT2D eigenvalue weighted by Gasteiger charge is 2.43. The molecule has 0 bridgehead atoms. The lowest BCUT2D eigenvalue weighted by atomic mass is 9.86. The third kappa shape index (κ3) is 4.85. The summed E-state index contributed by atoms with van der Waals surface area (Å²) in [6, 6.07) is 17.1. The molecule has 33 heavy (non-hydrogen) atoms. The van der Waals surface area contributed by atoms with Crippen molar-refractivity contribution < 1.29 is 9.53 Å². The molecule has 6 heteroatoms. The molecular formula is C27H34N4O2. The minimum absolute atomic E-state index is 0.0442. The topological polar surface area (TPSA) is 66.0 Å². The summed E-state index contributed by atoms with van der Waals surface area (Å²) in [7, 11) is 1.82. The molecule has 2 aromatic carbocycles. The van der Waals surface area contributed by atoms with Crippen LogP contribution in [0.2, 0.25) is 0 Å². The first-order valence-corrected chi connectivity index (χ1v) is 12.2. The molecule has 1 unspecified atom stereocenters. The second-order valence-corrected chi connectivity index (χ2v) is 9.59. The van der Waals surface area contributed by atoms with E-state index >= 15 is 0 Å². The average molecular weight is 447 g/mol. The van der Waals surface area contributed by atoms with Crippen molar-refractivity contribution in [2.45, 2.75) is 69.7 Å². The monoisotopic (exact) mass is 446 g/mol. The Morgan fingerprint density at radius 3 is 2.58 bits per heavy atom. The lowest BCUT2D eigenvalue weighted by Crippen LogP contribution is -2.46. The summed E-state index contributed by atoms with van der Waals surface area (Å²) in [6.07, 6.45) is 7.36. The van der Waals surface area contributed by atoms with Crippen LogP contribution in [-0.2, 0) is 17.9 Å². The minimum Gasteiger partial charge on any atom is -0.487 e. The number of likely N-dealkylation sites (tertiary alicyclic amines) is 1. The van der Waals surface area contributed by atoms with Gasteiger partial charge in [-0.15, -0.1) is 0 Å². The third-order valence-electron chi connectivity index (χ3n) is 7.27. The van der Waals surface area contributed by atoms with Gasteiger partial charge in [0.1, 0.15) is 11.4 Å². The fourth-order valence-electron chi connectivity index (χ4n) is 5.47. The SMILES string of the molecule is CN=C(NCc1ccc(CN2CCCC2=O)cc1)NC1CC2(CCCC2)Oc2ccccc21. The van der Waals surface area contributed by atoms with E-state index in [1.165, 1.54) is 29.5 Å². The molecule has 2 heterocycles. The van der Waals surface area contributed by atoms with Gasteiger partial charge in [-0.3, -0.25) is 9.79 Å². The quantitative estimate of drug-likeness (QED) is 0.531. The predicted octanol–water partition coefficient (Wildman–Crippen LogP) is 4.31. The Balaban J connectivity index is 1.21. The van der Waals surface area contributed by atoms with Gasteiger partial charge in [-0.1, -0.05) is 42.5 Å². The fraction of sp³-hybridized carbons (Fsp3) is 0.481. The molecule has 2 fully saturated rings. The zero-order valence-corrected chi connectivity index (χ0v) is 19.5. The average Bonchev–Trinajstić information content (AvgIpc) is 3.46. The summed E-state index contributed by atoms with van der Waals surface area (Å²) >= 11 is 0. The van der Waals surface area contributed by atoms with Crippen molar-refractivity contribution in [3.8, 4) is 5.75 Å². The van der Waals surface area contributed by atoms with Crippen LogP contribution >= 0.6 is 0 Å². The Kier molecular flexibility index (Phi) is 6.25. The van der Waals surface area contributed by atoms with Crippen LogP contribution in [0.25, 0.3) is 0 Å². The highest BCUT2D eigenvalue weighted by Crippen LogP contribution is 2.46. The summed E-state index contributed by atoms with van der Waals surface area (Å²) in [6.45, 7) is 2.28. The first kappa shape index (κ1) is 21.8. The van der Waals surface area contributed by atoms with Crippen LogP contribution in [0.15, 0.2) is 53.5 Å². The number of carbonyl (C=O) groups is 1. The van der Waals surface area contributed by atoms with Gasteiger partial charge >= 0.3 is 0 Å². The summed E-state index contributed by atoms with van der Waals surface area (Å²) < 4.78 is 6.50. The largest absolute Gasteiger partial charge is 0.487 e. The number of nitrogens with zero attached hydrogens (tertiary/aromatic N) is 2. The van der Waals surface area contributed by atoms with Crippen molar-refractivity contribution in [1.29, 1.82) is 0 Å². The highest BCUT2D eigenvalue weighted by molar-refractivity contribution is 5.80. The van der Waals surface area contributed by atoms with Gasteiger partial charge in [-0.25, -0.2) is 0 Å². The van der Waals surface area contributed by atoms with Crippen molar-refractivity contribution in [1.82, 2.24) is 15.5 Å². The van der Waals surface area contributed by atoms with Crippen LogP contribution in [0.3, 0.4) is 0 Å². The molecule has 2 N–H and O–H groups in total. The van der Waals surface area contributed by atoms with Crippen molar-refractivity contribution in [2.75, 3.05) is 13.6 Å². The van der Waals surface area contributed by atoms with Gasteiger partial charge < -0.3 is 20.3 Å². The maximum Gasteiger partial charge on any atom is 0.222 e. The number of hydrogen-bond donors (Lipinski definition) is 2. The lowest BCUT2D eigenvalue weighted by molar-refractivity contribution is -0.128. The van der Waals surface area contributed by atoms with Gasteiger partial charge in [0, 0.05) is 45.1 Å². The van der Waals surface area contributed by atoms with E-state index in [1.807, 2.05) is 11.9 Å². The van der Waals surface area contributed by atoms with E-state index in [0.29, 0.717) is 19.5 Å². The molecule has 1 amide bonds. The normalized spacial score (nSPS) is 21.7. The summed E-state index contributed by atoms with van der Waals surface area (Å²) in [4.78, 5) is 18.3. The fourth-order valence-corrected chi connectivity index (χ4v) is 5.47. The Morgan fingerprint density at radius 2 is 1.85 bits per heavy atom. The van der Waals surface area contributed by atoms with Crippen LogP contribution in [0.5, 0.6) is 5.75 Å². The number of carbonyl (C=O) groups excluding carboxylic acids is 1. The lowest BCUT2D eigenvalue weighted by Gasteiger charge is -2.40. The molecule has 3 aliphatic rings. The number of rotatable bonds is 5. The first-order valence-electron chi connectivity index (χ1n) is 12.2. The number of ether oxygens (including phenoxy) is 1. The van der Waals surface area contributed by atoms with Crippen molar-refractivity contribution in [3.63, 3.8) is 0 Å². The van der Waals surface area contributed by atoms with Crippen molar-refractivity contribution in [3.05, 3.63) is 65.2 Å². The standard InChI is InChI=1S/C27H34N4O2/c1-28-26(29-18-20-10-12-21(13-11-20)19-31-16-6-9-25(31)32)30-23-17-27(14-4-5-15-27)33-24-8-3-2-7-22(23)24/h2-3,7-8,10-13,23H,4-6,9,14-19H2,1H3,(H2,28,29,30). The van der Waals surface area contributed by atoms with Gasteiger partial charge in [0.05, 0.1) is 6.04 Å². The van der Waals surface area contributed by atoms with Crippen molar-refractivity contribution >= 4 is 11.9 Å². The predicted molar refractivity (Wildman–Crippen MR) is 130 cm³/mol. The second-order valence-electron chi connectivity index (χ2n) is 9.59. The smallest absolute Gasteiger partial charge is 0.222 e. The van der Waals surface area contributed by atoms with E-state index < -0.39 is 0 Å². The van der Waals surface area contributed by atoms with E-state index in [1.54, 1.807) is 0 Å². The number of benzene rings is 2. The Labute approximate surface area is 196 Å². The van der Waals surface area contributed by atoms with E-state index in [-0.39, 0.29) is 17.6 Å². The number of amides is 1. The number of guanidine groups is 1. The molecule has 2 aromatic rings. The molecule has 2 aliphatic heterocycles. The van der Waals surface area contributed by atoms with Crippen LogP contribution in [-0.4, -0.2) is 36.0 Å². The molecule has 1 saturated heterocycles. The van der Waals surface area contributed by atoms with Gasteiger partial charge in [0.15, 0.2) is 5.96 Å². The number of fused-ring (bicyclic) bond motifs is 1. The van der Waals surface area contributed by atoms with Gasteiger partial charge in [0.2, 0.25) is 5.91 Å². The highest BCUT2D eigenvalue weighted by atomic mass is 16.5. The summed E-state index contributed by atoms with van der Waals surface area (Å²) in [5.41, 5.74) is 3.53. The van der Waals surface area contributed by atoms with Gasteiger partial charge in [0.25, 0.3) is 0 Å². The van der Waals surface area contributed by atoms with Crippen LogP contribution < -0.4 is 15.4 Å². The van der Waals surface area contributed by atoms with E-state index in [9.17, 15) is 4.79 Å². The van der Waals surface area contributed by atoms with Crippen LogP contribution in [0.4, 0.5) is 0 Å². The molecule has 0 radical (unpaired) electrons. The van der Waals surface area contributed by atoms with E-state index in [4.69, 9.17) is 4.74 Å². The molecule has 1 spiro atoms. The van der Waals surface area contributed by atoms with Crippen molar-refractivity contribution in [2.24, 2.45) is 4.99 Å². The second kappa shape index (κ2) is 9.46. The van der Waals surface area contributed by atoms with Crippen LogP contribution in [0, 0.1) is 0 Å². The number of aliphatic imine (C=N–C) groups is 1. The number of nitrogens with one attached hydrogen (secondary N) is 2. The van der Waals surface area contributed by atoms with Crippen LogP contribution in [0.1, 0.15) is 67.7 Å². The molecule has 1 aliphatic carbocycles. The zero-order chi connectivity index (χ0) is 22.7. The summed E-state index contributed by atoms with van der Waals surface area (Å²) in [5.74, 6) is 2.08. The molecule has 1 saturated carbocycles. The van der Waals surface area contributed by atoms with Gasteiger partial charge in [-0.05, 0) is 49.3 Å². The Bertz CT molecular complexity index is 1010.